The molecule has 0 aromatic carbocycles. The molecule has 0 spiro atoms. The molecule has 1 aliphatic rings. The van der Waals surface area contributed by atoms with E-state index in [0.29, 0.717) is 17.0 Å². The van der Waals surface area contributed by atoms with Crippen LogP contribution in [0.1, 0.15) is 19.5 Å². The maximum atomic E-state index is 13.3. The minimum atomic E-state index is -0.589. The highest BCUT2D eigenvalue weighted by molar-refractivity contribution is 8.03. The number of halogens is 1. The summed E-state index contributed by atoms with van der Waals surface area (Å²) in [5.41, 5.74) is 11.0. The fraction of sp³-hybridized carbons (Fsp3) is 0.217. The molecule has 1 aromatic rings. The standard InChI is InChI=1S/C23H24FN3S/c1-4-5-6-9-19(14-24)15-27-23(20-12-18(3)28-16-17(20)2)13-21(25)22-10-7-8-11-26-22/h1,5-13H,14-16,25H2,2-3H3/b6-5-,19-9+,21-13?,27-23?. The molecule has 0 unspecified atom stereocenters. The van der Waals surface area contributed by atoms with Gasteiger partial charge in [-0.2, -0.15) is 0 Å². The maximum Gasteiger partial charge on any atom is 0.113 e. The molecule has 0 fully saturated rings. The third-order valence-electron chi connectivity index (χ3n) is 4.00. The van der Waals surface area contributed by atoms with E-state index >= 15 is 0 Å². The van der Waals surface area contributed by atoms with Gasteiger partial charge < -0.3 is 5.73 Å². The number of nitrogens with zero attached hydrogens (tertiary/aromatic N) is 2. The molecule has 0 amide bonds. The number of pyridine rings is 1. The van der Waals surface area contributed by atoms with E-state index in [0.717, 1.165) is 17.0 Å². The molecule has 0 bridgehead atoms. The first-order chi connectivity index (χ1) is 13.5. The normalized spacial score (nSPS) is 16.4. The van der Waals surface area contributed by atoms with Gasteiger partial charge in [0.25, 0.3) is 0 Å². The number of nitrogens with two attached hydrogens (primary N) is 1. The summed E-state index contributed by atoms with van der Waals surface area (Å²) in [7, 11) is 0. The average Bonchev–Trinajstić information content (AvgIpc) is 2.72. The van der Waals surface area contributed by atoms with Gasteiger partial charge >= 0.3 is 0 Å². The number of hydrogen-bond donors (Lipinski definition) is 1. The van der Waals surface area contributed by atoms with E-state index < -0.39 is 6.67 Å². The van der Waals surface area contributed by atoms with Gasteiger partial charge in [-0.15, -0.1) is 18.2 Å². The van der Waals surface area contributed by atoms with Crippen LogP contribution in [0.25, 0.3) is 5.70 Å². The monoisotopic (exact) mass is 393 g/mol. The zero-order valence-corrected chi connectivity index (χ0v) is 17.0. The third kappa shape index (κ3) is 6.40. The van der Waals surface area contributed by atoms with Gasteiger partial charge in [-0.3, -0.25) is 9.98 Å². The molecular formula is C23H24FN3S. The van der Waals surface area contributed by atoms with Gasteiger partial charge in [0.05, 0.1) is 23.6 Å². The van der Waals surface area contributed by atoms with Crippen LogP contribution in [-0.2, 0) is 0 Å². The summed E-state index contributed by atoms with van der Waals surface area (Å²) in [5.74, 6) is 3.28. The molecule has 2 rings (SSSR count). The summed E-state index contributed by atoms with van der Waals surface area (Å²) in [6.07, 6.45) is 15.6. The van der Waals surface area contributed by atoms with Crippen molar-refractivity contribution in [3.05, 3.63) is 82.1 Å². The van der Waals surface area contributed by atoms with E-state index in [1.165, 1.54) is 16.6 Å². The predicted molar refractivity (Wildman–Crippen MR) is 120 cm³/mol. The first-order valence-corrected chi connectivity index (χ1v) is 9.84. The Bertz CT molecular complexity index is 913. The van der Waals surface area contributed by atoms with Gasteiger partial charge in [-0.25, -0.2) is 4.39 Å². The van der Waals surface area contributed by atoms with E-state index in [2.05, 4.69) is 35.8 Å². The van der Waals surface area contributed by atoms with Crippen molar-refractivity contribution in [2.45, 2.75) is 13.8 Å². The predicted octanol–water partition coefficient (Wildman–Crippen LogP) is 4.87. The van der Waals surface area contributed by atoms with Crippen molar-refractivity contribution < 1.29 is 4.39 Å². The average molecular weight is 394 g/mol. The second kappa shape index (κ2) is 11.1. The number of terminal acetylenes is 1. The third-order valence-corrected chi connectivity index (χ3v) is 5.15. The molecular weight excluding hydrogens is 369 g/mol. The first-order valence-electron chi connectivity index (χ1n) is 8.86. The minimum Gasteiger partial charge on any atom is -0.397 e. The molecule has 0 radical (unpaired) electrons. The van der Waals surface area contributed by atoms with Gasteiger partial charge in [0.1, 0.15) is 6.67 Å². The fourth-order valence-corrected chi connectivity index (χ4v) is 3.29. The summed E-state index contributed by atoms with van der Waals surface area (Å²) in [6, 6.07) is 5.57. The van der Waals surface area contributed by atoms with Crippen molar-refractivity contribution in [1.29, 1.82) is 0 Å². The number of alkyl halides is 1. The Morgan fingerprint density at radius 2 is 2.25 bits per heavy atom. The molecule has 3 nitrogen and oxygen atoms in total. The molecule has 28 heavy (non-hydrogen) atoms. The lowest BCUT2D eigenvalue weighted by molar-refractivity contribution is 0.539. The van der Waals surface area contributed by atoms with E-state index in [9.17, 15) is 4.39 Å². The summed E-state index contributed by atoms with van der Waals surface area (Å²) in [4.78, 5) is 10.2. The Kier molecular flexibility index (Phi) is 8.51. The van der Waals surface area contributed by atoms with Gasteiger partial charge in [0, 0.05) is 17.5 Å². The fourth-order valence-electron chi connectivity index (χ4n) is 2.49. The molecule has 5 heteroatoms. The zero-order chi connectivity index (χ0) is 20.4. The van der Waals surface area contributed by atoms with Crippen LogP contribution in [0.15, 0.2) is 81.4 Å². The Balaban J connectivity index is 2.43. The van der Waals surface area contributed by atoms with Crippen molar-refractivity contribution in [2.75, 3.05) is 19.0 Å². The highest BCUT2D eigenvalue weighted by Gasteiger charge is 2.14. The summed E-state index contributed by atoms with van der Waals surface area (Å²) >= 11 is 1.79. The molecule has 0 atom stereocenters. The smallest absolute Gasteiger partial charge is 0.113 e. The Hall–Kier alpha value is -2.84. The van der Waals surface area contributed by atoms with Crippen LogP contribution in [0.2, 0.25) is 0 Å². The van der Waals surface area contributed by atoms with Gasteiger partial charge in [-0.05, 0) is 54.7 Å². The van der Waals surface area contributed by atoms with Crippen LogP contribution in [0.4, 0.5) is 4.39 Å². The maximum absolute atomic E-state index is 13.3. The molecule has 0 saturated carbocycles. The lowest BCUT2D eigenvalue weighted by Gasteiger charge is -2.16. The summed E-state index contributed by atoms with van der Waals surface area (Å²) in [6.45, 7) is 3.78. The van der Waals surface area contributed by atoms with Crippen molar-refractivity contribution in [3.8, 4) is 12.3 Å². The number of aromatic nitrogens is 1. The van der Waals surface area contributed by atoms with Crippen LogP contribution in [-0.4, -0.2) is 29.7 Å². The van der Waals surface area contributed by atoms with E-state index in [1.54, 1.807) is 30.1 Å². The molecule has 2 heterocycles. The molecule has 1 aliphatic heterocycles. The second-order valence-corrected chi connectivity index (χ2v) is 7.46. The van der Waals surface area contributed by atoms with Crippen LogP contribution >= 0.6 is 11.8 Å². The molecule has 144 valence electrons. The van der Waals surface area contributed by atoms with Crippen LogP contribution in [0.5, 0.6) is 0 Å². The van der Waals surface area contributed by atoms with E-state index in [4.69, 9.17) is 12.2 Å². The number of aliphatic imine (C=N–C) groups is 1. The first kappa shape index (κ1) is 21.5. The van der Waals surface area contributed by atoms with Crippen LogP contribution in [0.3, 0.4) is 0 Å². The van der Waals surface area contributed by atoms with E-state index in [-0.39, 0.29) is 6.54 Å². The molecule has 1 aromatic heterocycles. The van der Waals surface area contributed by atoms with Crippen molar-refractivity contribution in [3.63, 3.8) is 0 Å². The van der Waals surface area contributed by atoms with Gasteiger partial charge in [0.15, 0.2) is 0 Å². The largest absolute Gasteiger partial charge is 0.397 e. The van der Waals surface area contributed by atoms with Gasteiger partial charge in [-0.1, -0.05) is 29.7 Å². The Morgan fingerprint density at radius 3 is 2.93 bits per heavy atom. The van der Waals surface area contributed by atoms with Crippen LogP contribution < -0.4 is 5.73 Å². The number of thioether (sulfide) groups is 1. The quantitative estimate of drug-likeness (QED) is 0.408. The summed E-state index contributed by atoms with van der Waals surface area (Å²) < 4.78 is 13.3. The van der Waals surface area contributed by atoms with Crippen molar-refractivity contribution in [1.82, 2.24) is 4.98 Å². The Labute approximate surface area is 170 Å². The number of allylic oxidation sites excluding steroid dienone is 7. The second-order valence-electron chi connectivity index (χ2n) is 6.24. The van der Waals surface area contributed by atoms with Crippen molar-refractivity contribution >= 4 is 23.2 Å². The molecule has 0 aliphatic carbocycles. The molecule has 2 N–H and O–H groups in total. The van der Waals surface area contributed by atoms with Crippen LogP contribution in [0, 0.1) is 12.3 Å². The summed E-state index contributed by atoms with van der Waals surface area (Å²) in [5, 5.41) is 0. The number of rotatable bonds is 7. The highest BCUT2D eigenvalue weighted by Crippen LogP contribution is 2.29. The SMILES string of the molecule is C#C/C=C\C=C(/CF)CN=C(C=C(N)c1ccccn1)C1=C(C)CSC(C)=C1. The highest BCUT2D eigenvalue weighted by atomic mass is 32.2. The van der Waals surface area contributed by atoms with Gasteiger partial charge in [0.2, 0.25) is 0 Å². The minimum absolute atomic E-state index is 0.226. The van der Waals surface area contributed by atoms with E-state index in [1.807, 2.05) is 24.3 Å². The topological polar surface area (TPSA) is 51.3 Å². The molecule has 0 saturated heterocycles. The number of hydrogen-bond acceptors (Lipinski definition) is 4. The zero-order valence-electron chi connectivity index (χ0n) is 16.2. The lowest BCUT2D eigenvalue weighted by atomic mass is 10.0. The lowest BCUT2D eigenvalue weighted by Crippen LogP contribution is -2.10. The van der Waals surface area contributed by atoms with Crippen molar-refractivity contribution in [2.24, 2.45) is 10.7 Å². The Morgan fingerprint density at radius 1 is 1.43 bits per heavy atom.